The van der Waals surface area contributed by atoms with E-state index in [0.29, 0.717) is 22.5 Å². The molecule has 5 heteroatoms. The van der Waals surface area contributed by atoms with Crippen molar-refractivity contribution in [2.75, 3.05) is 4.90 Å². The number of fused-ring (bicyclic) bond motifs is 4. The zero-order valence-corrected chi connectivity index (χ0v) is 26.7. The summed E-state index contributed by atoms with van der Waals surface area (Å²) in [5.41, 5.74) is 10.8. The van der Waals surface area contributed by atoms with Gasteiger partial charge >= 0.3 is 0 Å². The van der Waals surface area contributed by atoms with Crippen LogP contribution in [-0.4, -0.2) is 21.4 Å². The molecule has 1 aliphatic heterocycles. The van der Waals surface area contributed by atoms with E-state index in [1.165, 1.54) is 4.90 Å². The molecule has 0 fully saturated rings. The summed E-state index contributed by atoms with van der Waals surface area (Å²) in [7, 11) is 0. The number of carbonyl (C=O) groups excluding carboxylic acids is 2. The first-order chi connectivity index (χ1) is 24.1. The van der Waals surface area contributed by atoms with Crippen molar-refractivity contribution in [1.29, 1.82) is 0 Å². The average Bonchev–Trinajstić information content (AvgIpc) is 3.63. The minimum Gasteiger partial charge on any atom is -0.308 e. The Bertz CT molecular complexity index is 2600. The maximum Gasteiger partial charge on any atom is 0.268 e. The third-order valence-electron chi connectivity index (χ3n) is 9.57. The highest BCUT2D eigenvalue weighted by Gasteiger charge is 2.41. The smallest absolute Gasteiger partial charge is 0.268 e. The fourth-order valence-electron chi connectivity index (χ4n) is 7.43. The monoisotopic (exact) mass is 631 g/mol. The van der Waals surface area contributed by atoms with Crippen molar-refractivity contribution in [2.45, 2.75) is 6.92 Å². The third kappa shape index (κ3) is 4.36. The number of para-hydroxylation sites is 2. The summed E-state index contributed by atoms with van der Waals surface area (Å²) in [5, 5.41) is 2.14. The summed E-state index contributed by atoms with van der Waals surface area (Å²) in [6.45, 7) is 2.06. The Hall–Kier alpha value is -6.59. The van der Waals surface area contributed by atoms with Crippen molar-refractivity contribution in [2.24, 2.45) is 0 Å². The molecule has 9 rings (SSSR count). The second-order valence-electron chi connectivity index (χ2n) is 12.3. The van der Waals surface area contributed by atoms with Gasteiger partial charge in [-0.1, -0.05) is 115 Å². The number of nitrogens with zero attached hydrogens (tertiary/aromatic N) is 3. The van der Waals surface area contributed by atoms with E-state index in [1.807, 2.05) is 109 Å². The number of benzene rings is 6. The Morgan fingerprint density at radius 3 is 1.90 bits per heavy atom. The molecule has 8 aromatic rings. The van der Waals surface area contributed by atoms with Crippen LogP contribution in [0.4, 0.5) is 5.69 Å². The number of pyridine rings is 1. The maximum absolute atomic E-state index is 14.9. The zero-order valence-electron chi connectivity index (χ0n) is 26.7. The lowest BCUT2D eigenvalue weighted by molar-refractivity contribution is 0.0926. The van der Waals surface area contributed by atoms with Crippen molar-refractivity contribution in [3.63, 3.8) is 0 Å². The summed E-state index contributed by atoms with van der Waals surface area (Å²) < 4.78 is 2.16. The first-order valence-electron chi connectivity index (χ1n) is 16.3. The molecule has 0 saturated carbocycles. The van der Waals surface area contributed by atoms with Crippen molar-refractivity contribution < 1.29 is 9.59 Å². The van der Waals surface area contributed by atoms with Crippen LogP contribution in [0.5, 0.6) is 0 Å². The van der Waals surface area contributed by atoms with E-state index >= 15 is 0 Å². The minimum absolute atomic E-state index is 0.338. The molecular weight excluding hydrogens is 603 g/mol. The molecule has 0 radical (unpaired) electrons. The SMILES string of the molecule is Cc1cnccc1-c1cccc2c3ccccc3n(-c3cccc4c3C(=O)N(c3cccc(-c5ccccc5)c3-c3ccccc3)C4=O)c12. The second kappa shape index (κ2) is 11.3. The third-order valence-corrected chi connectivity index (χ3v) is 9.57. The fraction of sp³-hybridized carbons (Fsp3) is 0.0227. The molecule has 0 atom stereocenters. The van der Waals surface area contributed by atoms with Crippen LogP contribution in [0.1, 0.15) is 26.3 Å². The van der Waals surface area contributed by atoms with Gasteiger partial charge in [-0.05, 0) is 65.1 Å². The number of imide groups is 1. The predicted molar refractivity (Wildman–Crippen MR) is 197 cm³/mol. The molecule has 6 aromatic carbocycles. The molecule has 1 aliphatic rings. The number of amides is 2. The summed E-state index contributed by atoms with van der Waals surface area (Å²) in [4.78, 5) is 35.1. The zero-order chi connectivity index (χ0) is 33.1. The first-order valence-corrected chi connectivity index (χ1v) is 16.3. The van der Waals surface area contributed by atoms with Crippen molar-refractivity contribution in [1.82, 2.24) is 9.55 Å². The van der Waals surface area contributed by atoms with Crippen LogP contribution >= 0.6 is 0 Å². The predicted octanol–water partition coefficient (Wildman–Crippen LogP) is 10.3. The molecular formula is C44H29N3O2. The van der Waals surface area contributed by atoms with Gasteiger partial charge in [0.2, 0.25) is 0 Å². The molecule has 0 saturated heterocycles. The van der Waals surface area contributed by atoms with Crippen LogP contribution in [0.25, 0.3) is 60.9 Å². The van der Waals surface area contributed by atoms with Crippen LogP contribution in [0.3, 0.4) is 0 Å². The standard InChI is InChI=1S/C44H29N3O2/c1-28-27-45-26-25-31(28)34-19-10-20-35-33-17-8-9-22-37(33)46(42(34)35)39-24-12-21-36-41(39)44(49)47(43(36)48)38-23-11-18-32(29-13-4-2-5-14-29)40(38)30-15-6-3-7-16-30/h2-27H,1H3. The van der Waals surface area contributed by atoms with Gasteiger partial charge in [0.25, 0.3) is 11.8 Å². The van der Waals surface area contributed by atoms with Gasteiger partial charge in [0.05, 0.1) is 33.5 Å². The molecule has 3 heterocycles. The quantitative estimate of drug-likeness (QED) is 0.178. The summed E-state index contributed by atoms with van der Waals surface area (Å²) in [5.74, 6) is -0.684. The van der Waals surface area contributed by atoms with Crippen molar-refractivity contribution in [3.8, 4) is 39.1 Å². The summed E-state index contributed by atoms with van der Waals surface area (Å²) in [6.07, 6.45) is 3.68. The lowest BCUT2D eigenvalue weighted by atomic mass is 9.92. The lowest BCUT2D eigenvalue weighted by Crippen LogP contribution is -2.30. The Morgan fingerprint density at radius 2 is 1.12 bits per heavy atom. The highest BCUT2D eigenvalue weighted by atomic mass is 16.2. The summed E-state index contributed by atoms with van der Waals surface area (Å²) >= 11 is 0. The van der Waals surface area contributed by atoms with E-state index in [0.717, 1.165) is 60.8 Å². The first kappa shape index (κ1) is 28.6. The van der Waals surface area contributed by atoms with Gasteiger partial charge < -0.3 is 4.57 Å². The van der Waals surface area contributed by atoms with Crippen LogP contribution in [0.15, 0.2) is 158 Å². The normalized spacial score (nSPS) is 12.6. The Morgan fingerprint density at radius 1 is 0.490 bits per heavy atom. The van der Waals surface area contributed by atoms with Gasteiger partial charge in [-0.15, -0.1) is 0 Å². The molecule has 5 nitrogen and oxygen atoms in total. The molecule has 232 valence electrons. The molecule has 0 aliphatic carbocycles. The number of hydrogen-bond acceptors (Lipinski definition) is 3. The molecule has 2 aromatic heterocycles. The number of aryl methyl sites for hydroxylation is 1. The molecule has 0 unspecified atom stereocenters. The fourth-order valence-corrected chi connectivity index (χ4v) is 7.43. The molecule has 0 bridgehead atoms. The molecule has 2 amide bonds. The molecule has 0 spiro atoms. The van der Waals surface area contributed by atoms with E-state index < -0.39 is 0 Å². The highest BCUT2D eigenvalue weighted by molar-refractivity contribution is 6.37. The van der Waals surface area contributed by atoms with E-state index in [-0.39, 0.29) is 11.8 Å². The largest absolute Gasteiger partial charge is 0.308 e. The van der Waals surface area contributed by atoms with Gasteiger partial charge in [-0.3, -0.25) is 14.6 Å². The Kier molecular flexibility index (Phi) is 6.59. The number of aromatic nitrogens is 2. The second-order valence-corrected chi connectivity index (χ2v) is 12.3. The van der Waals surface area contributed by atoms with Gasteiger partial charge in [-0.2, -0.15) is 0 Å². The van der Waals surface area contributed by atoms with Crippen LogP contribution in [0.2, 0.25) is 0 Å². The minimum atomic E-state index is -0.346. The van der Waals surface area contributed by atoms with Gasteiger partial charge in [0.15, 0.2) is 0 Å². The van der Waals surface area contributed by atoms with Crippen LogP contribution in [0, 0.1) is 6.92 Å². The van der Waals surface area contributed by atoms with Crippen LogP contribution in [-0.2, 0) is 0 Å². The summed E-state index contributed by atoms with van der Waals surface area (Å²) in [6, 6.07) is 48.1. The maximum atomic E-state index is 14.9. The van der Waals surface area contributed by atoms with Gasteiger partial charge in [-0.25, -0.2) is 4.90 Å². The molecule has 49 heavy (non-hydrogen) atoms. The average molecular weight is 632 g/mol. The van der Waals surface area contributed by atoms with E-state index in [9.17, 15) is 9.59 Å². The number of rotatable bonds is 5. The molecule has 0 N–H and O–H groups in total. The van der Waals surface area contributed by atoms with E-state index in [4.69, 9.17) is 0 Å². The Balaban J connectivity index is 1.30. The van der Waals surface area contributed by atoms with Gasteiger partial charge in [0, 0.05) is 34.3 Å². The lowest BCUT2D eigenvalue weighted by Gasteiger charge is -2.22. The van der Waals surface area contributed by atoms with Gasteiger partial charge in [0.1, 0.15) is 0 Å². The number of hydrogen-bond donors (Lipinski definition) is 0. The van der Waals surface area contributed by atoms with Crippen molar-refractivity contribution in [3.05, 3.63) is 175 Å². The number of carbonyl (C=O) groups is 2. The Labute approximate surface area is 283 Å². The van der Waals surface area contributed by atoms with E-state index in [1.54, 1.807) is 6.07 Å². The van der Waals surface area contributed by atoms with Crippen LogP contribution < -0.4 is 4.90 Å². The van der Waals surface area contributed by atoms with E-state index in [2.05, 4.69) is 58.9 Å². The number of anilines is 1. The topological polar surface area (TPSA) is 55.2 Å². The van der Waals surface area contributed by atoms with Crippen molar-refractivity contribution >= 4 is 39.3 Å². The highest BCUT2D eigenvalue weighted by Crippen LogP contribution is 2.45.